The zero-order chi connectivity index (χ0) is 22.4. The molecule has 0 saturated carbocycles. The fraction of sp³-hybridized carbons (Fsp3) is 0.727. The monoisotopic (exact) mass is 541 g/mol. The molecule has 1 aromatic carbocycles. The quantitative estimate of drug-likeness (QED) is 0.165. The predicted octanol–water partition coefficient (Wildman–Crippen LogP) is 2.95. The SMILES string of the molecule is CC(C)P(NCCNCCNP(C(C)C)C(C)C)C(C)C.Fc1[c-]c(F)ccc1.[Cl-].[Ni+2]. The number of benzene rings is 1. The van der Waals surface area contributed by atoms with Gasteiger partial charge in [0.2, 0.25) is 0 Å². The summed E-state index contributed by atoms with van der Waals surface area (Å²) in [6.07, 6.45) is 0. The van der Waals surface area contributed by atoms with Crippen molar-refractivity contribution in [1.82, 2.24) is 15.5 Å². The molecule has 0 atom stereocenters. The number of hydrogen-bond donors (Lipinski definition) is 3. The smallest absolute Gasteiger partial charge is 1.00 e. The molecule has 0 radical (unpaired) electrons. The summed E-state index contributed by atoms with van der Waals surface area (Å²) in [5, 5.41) is 11.0. The molecule has 3 N–H and O–H groups in total. The Morgan fingerprint density at radius 2 is 1.03 bits per heavy atom. The first-order valence-corrected chi connectivity index (χ1v) is 13.6. The zero-order valence-corrected chi connectivity index (χ0v) is 23.7. The molecule has 0 aromatic heterocycles. The van der Waals surface area contributed by atoms with Crippen LogP contribution in [0.25, 0.3) is 0 Å². The summed E-state index contributed by atoms with van der Waals surface area (Å²) in [7, 11) is -0.0663. The fourth-order valence-electron chi connectivity index (χ4n) is 3.01. The molecule has 0 spiro atoms. The molecule has 31 heavy (non-hydrogen) atoms. The van der Waals surface area contributed by atoms with E-state index < -0.39 is 11.6 Å². The standard InChI is InChI=1S/C16H39N3P2.C6H3F2.ClH.Ni/c1-13(2)20(14(3)4)18-11-9-17-10-12-19-21(15(5)6)16(7)8;7-5-2-1-3-6(8)4-5;;/h13-19H,9-12H2,1-8H3;1-3H;1H;/q;-1;;+2/p-1. The third-order valence-electron chi connectivity index (χ3n) is 4.14. The Kier molecular flexibility index (Phi) is 24.7. The molecular weight excluding hydrogens is 500 g/mol. The third-order valence-corrected chi connectivity index (χ3v) is 9.77. The van der Waals surface area contributed by atoms with Crippen LogP contribution in [0.3, 0.4) is 0 Å². The summed E-state index contributed by atoms with van der Waals surface area (Å²) < 4.78 is 23.7. The van der Waals surface area contributed by atoms with Gasteiger partial charge >= 0.3 is 16.5 Å². The summed E-state index contributed by atoms with van der Waals surface area (Å²) in [4.78, 5) is 0. The van der Waals surface area contributed by atoms with Crippen molar-refractivity contribution in [2.24, 2.45) is 0 Å². The molecule has 9 heteroatoms. The van der Waals surface area contributed by atoms with Gasteiger partial charge in [-0.3, -0.25) is 10.2 Å². The van der Waals surface area contributed by atoms with E-state index in [1.54, 1.807) is 0 Å². The topological polar surface area (TPSA) is 36.1 Å². The molecular formula is C22H42ClF2N3NiP2. The molecule has 0 unspecified atom stereocenters. The molecule has 0 fully saturated rings. The minimum absolute atomic E-state index is 0. The van der Waals surface area contributed by atoms with Crippen LogP contribution in [0.4, 0.5) is 8.78 Å². The van der Waals surface area contributed by atoms with Gasteiger partial charge in [-0.25, -0.2) is 8.78 Å². The van der Waals surface area contributed by atoms with Gasteiger partial charge in [0.1, 0.15) is 0 Å². The van der Waals surface area contributed by atoms with E-state index in [-0.39, 0.29) is 45.0 Å². The molecule has 0 aliphatic carbocycles. The molecule has 1 aromatic rings. The van der Waals surface area contributed by atoms with E-state index in [4.69, 9.17) is 0 Å². The van der Waals surface area contributed by atoms with Crippen LogP contribution in [0.1, 0.15) is 55.4 Å². The molecule has 0 heterocycles. The Hall–Kier alpha value is 0.604. The van der Waals surface area contributed by atoms with Gasteiger partial charge in [0.05, 0.1) is 0 Å². The second-order valence-corrected chi connectivity index (χ2v) is 14.5. The van der Waals surface area contributed by atoms with Gasteiger partial charge in [0, 0.05) is 37.8 Å². The van der Waals surface area contributed by atoms with Gasteiger partial charge < -0.3 is 17.7 Å². The number of hydrogen-bond acceptors (Lipinski definition) is 3. The molecule has 1 rings (SSSR count). The van der Waals surface area contributed by atoms with E-state index in [1.807, 2.05) is 6.07 Å². The van der Waals surface area contributed by atoms with E-state index in [1.165, 1.54) is 6.07 Å². The second kappa shape index (κ2) is 21.2. The fourth-order valence-corrected chi connectivity index (χ4v) is 7.59. The maximum atomic E-state index is 11.9. The van der Waals surface area contributed by atoms with Crippen molar-refractivity contribution in [1.29, 1.82) is 0 Å². The number of halogens is 3. The normalized spacial score (nSPS) is 11.1. The average molecular weight is 543 g/mol. The van der Waals surface area contributed by atoms with E-state index in [2.05, 4.69) is 70.9 Å². The molecule has 0 aliphatic heterocycles. The van der Waals surface area contributed by atoms with E-state index in [0.29, 0.717) is 0 Å². The number of nitrogens with one attached hydrogen (secondary N) is 3. The summed E-state index contributed by atoms with van der Waals surface area (Å²) in [5.74, 6) is -1.32. The first kappa shape index (κ1) is 36.2. The van der Waals surface area contributed by atoms with Crippen molar-refractivity contribution < 1.29 is 37.7 Å². The van der Waals surface area contributed by atoms with Crippen molar-refractivity contribution in [3.63, 3.8) is 0 Å². The van der Waals surface area contributed by atoms with E-state index >= 15 is 0 Å². The Bertz CT molecular complexity index is 484. The second-order valence-electron chi connectivity index (χ2n) is 8.10. The molecule has 0 aliphatic rings. The van der Waals surface area contributed by atoms with Gasteiger partial charge in [-0.05, 0) is 38.8 Å². The summed E-state index contributed by atoms with van der Waals surface area (Å²) in [6.45, 7) is 23.0. The summed E-state index contributed by atoms with van der Waals surface area (Å²) in [6, 6.07) is 5.41. The van der Waals surface area contributed by atoms with Crippen LogP contribution in [0, 0.1) is 17.7 Å². The predicted molar refractivity (Wildman–Crippen MR) is 128 cm³/mol. The number of rotatable bonds is 12. The molecule has 3 nitrogen and oxygen atoms in total. The largest absolute Gasteiger partial charge is 2.00 e. The van der Waals surface area contributed by atoms with E-state index in [0.717, 1.165) is 60.9 Å². The van der Waals surface area contributed by atoms with Crippen LogP contribution in [0.2, 0.25) is 0 Å². The molecule has 0 amide bonds. The van der Waals surface area contributed by atoms with Crippen molar-refractivity contribution in [2.75, 3.05) is 26.2 Å². The van der Waals surface area contributed by atoms with Crippen molar-refractivity contribution in [2.45, 2.75) is 78.0 Å². The molecule has 0 bridgehead atoms. The molecule has 0 saturated heterocycles. The minimum Gasteiger partial charge on any atom is -1.00 e. The van der Waals surface area contributed by atoms with Gasteiger partial charge in [-0.1, -0.05) is 55.4 Å². The first-order valence-electron chi connectivity index (χ1n) is 10.6. The maximum absolute atomic E-state index is 11.9. The first-order chi connectivity index (χ1) is 13.6. The van der Waals surface area contributed by atoms with Gasteiger partial charge in [0.25, 0.3) is 0 Å². The van der Waals surface area contributed by atoms with Crippen molar-refractivity contribution in [3.8, 4) is 0 Å². The molecule has 186 valence electrons. The van der Waals surface area contributed by atoms with Gasteiger partial charge in [0.15, 0.2) is 0 Å². The van der Waals surface area contributed by atoms with Crippen LogP contribution in [-0.2, 0) is 16.5 Å². The van der Waals surface area contributed by atoms with Crippen LogP contribution < -0.4 is 27.9 Å². The summed E-state index contributed by atoms with van der Waals surface area (Å²) in [5.41, 5.74) is 3.06. The van der Waals surface area contributed by atoms with Crippen molar-refractivity contribution in [3.05, 3.63) is 35.9 Å². The Labute approximate surface area is 209 Å². The third kappa shape index (κ3) is 18.7. The zero-order valence-electron chi connectivity index (χ0n) is 20.2. The van der Waals surface area contributed by atoms with Crippen LogP contribution in [0.15, 0.2) is 18.2 Å². The minimum atomic E-state index is -0.662. The van der Waals surface area contributed by atoms with Crippen LogP contribution in [-0.4, -0.2) is 48.8 Å². The van der Waals surface area contributed by atoms with Crippen LogP contribution >= 0.6 is 16.1 Å². The van der Waals surface area contributed by atoms with Crippen molar-refractivity contribution >= 4 is 16.1 Å². The van der Waals surface area contributed by atoms with Crippen LogP contribution in [0.5, 0.6) is 0 Å². The van der Waals surface area contributed by atoms with Gasteiger partial charge in [-0.2, -0.15) is 6.07 Å². The Morgan fingerprint density at radius 1 is 0.710 bits per heavy atom. The maximum Gasteiger partial charge on any atom is 2.00 e. The Balaban J connectivity index is -0.000000657. The average Bonchev–Trinajstić information content (AvgIpc) is 2.59. The Morgan fingerprint density at radius 3 is 1.26 bits per heavy atom. The summed E-state index contributed by atoms with van der Waals surface area (Å²) >= 11 is 0. The van der Waals surface area contributed by atoms with Gasteiger partial charge in [-0.15, -0.1) is 18.2 Å². The van der Waals surface area contributed by atoms with E-state index in [9.17, 15) is 8.78 Å².